The van der Waals surface area contributed by atoms with Crippen LogP contribution in [-0.4, -0.2) is 12.3 Å². The molecule has 1 aromatic carbocycles. The second-order valence-corrected chi connectivity index (χ2v) is 4.24. The molecule has 0 amide bonds. The maximum atomic E-state index is 4.49. The molecule has 2 rings (SSSR count). The van der Waals surface area contributed by atoms with Crippen LogP contribution in [0.5, 0.6) is 0 Å². The van der Waals surface area contributed by atoms with Crippen molar-refractivity contribution >= 4 is 6.21 Å². The number of hydrogen-bond donors (Lipinski definition) is 0. The minimum absolute atomic E-state index is 0.525. The third-order valence-electron chi connectivity index (χ3n) is 2.92. The molecular formula is C13H17N. The first-order valence-electron chi connectivity index (χ1n) is 5.35. The molecule has 0 saturated heterocycles. The maximum absolute atomic E-state index is 4.49. The van der Waals surface area contributed by atoms with Gasteiger partial charge in [0.05, 0.1) is 0 Å². The van der Waals surface area contributed by atoms with E-state index in [9.17, 15) is 0 Å². The molecule has 0 aliphatic carbocycles. The number of rotatable bonds is 1. The zero-order chi connectivity index (χ0) is 9.97. The third kappa shape index (κ3) is 2.03. The van der Waals surface area contributed by atoms with Crippen molar-refractivity contribution in [2.45, 2.75) is 38.6 Å². The van der Waals surface area contributed by atoms with Gasteiger partial charge in [0.1, 0.15) is 0 Å². The molecule has 0 spiro atoms. The lowest BCUT2D eigenvalue weighted by molar-refractivity contribution is 0.582. The van der Waals surface area contributed by atoms with Gasteiger partial charge in [-0.25, -0.2) is 0 Å². The maximum Gasteiger partial charge on any atom is 0.0468 e. The molecule has 1 aromatic rings. The normalized spacial score (nSPS) is 26.4. The number of aliphatic imine (C=N–C) groups is 1. The van der Waals surface area contributed by atoms with E-state index in [1.54, 1.807) is 0 Å². The lowest BCUT2D eigenvalue weighted by atomic mass is 9.91. The molecule has 0 bridgehead atoms. The van der Waals surface area contributed by atoms with Crippen LogP contribution in [0.25, 0.3) is 0 Å². The molecule has 0 aromatic heterocycles. The Bertz CT molecular complexity index is 324. The second kappa shape index (κ2) is 3.95. The molecule has 0 saturated carbocycles. The van der Waals surface area contributed by atoms with Crippen molar-refractivity contribution in [1.29, 1.82) is 0 Å². The Labute approximate surface area is 85.9 Å². The summed E-state index contributed by atoms with van der Waals surface area (Å²) in [6, 6.07) is 9.34. The highest BCUT2D eigenvalue weighted by atomic mass is 14.8. The lowest BCUT2D eigenvalue weighted by Gasteiger charge is -2.19. The minimum atomic E-state index is 0.525. The number of benzene rings is 1. The summed E-state index contributed by atoms with van der Waals surface area (Å²) < 4.78 is 0. The van der Waals surface area contributed by atoms with Gasteiger partial charge in [0.25, 0.3) is 0 Å². The van der Waals surface area contributed by atoms with Crippen LogP contribution in [0.1, 0.15) is 36.8 Å². The zero-order valence-electron chi connectivity index (χ0n) is 8.90. The van der Waals surface area contributed by atoms with Crippen LogP contribution in [0.4, 0.5) is 0 Å². The fourth-order valence-electron chi connectivity index (χ4n) is 1.89. The first-order valence-corrected chi connectivity index (χ1v) is 5.35. The summed E-state index contributed by atoms with van der Waals surface area (Å²) in [5.74, 6) is 0.548. The van der Waals surface area contributed by atoms with Crippen molar-refractivity contribution < 1.29 is 0 Å². The zero-order valence-corrected chi connectivity index (χ0v) is 8.90. The van der Waals surface area contributed by atoms with Gasteiger partial charge in [-0.2, -0.15) is 0 Å². The SMILES string of the molecule is Cc1ccc(C2C=NC(C)CC2)cc1. The Morgan fingerprint density at radius 3 is 2.43 bits per heavy atom. The van der Waals surface area contributed by atoms with Gasteiger partial charge < -0.3 is 0 Å². The first-order chi connectivity index (χ1) is 6.75. The smallest absolute Gasteiger partial charge is 0.0468 e. The van der Waals surface area contributed by atoms with E-state index in [-0.39, 0.29) is 0 Å². The van der Waals surface area contributed by atoms with Crippen molar-refractivity contribution in [2.24, 2.45) is 4.99 Å². The van der Waals surface area contributed by atoms with Gasteiger partial charge in [-0.1, -0.05) is 29.8 Å². The van der Waals surface area contributed by atoms with Crippen molar-refractivity contribution in [3.63, 3.8) is 0 Å². The Hall–Kier alpha value is -1.11. The van der Waals surface area contributed by atoms with Crippen molar-refractivity contribution in [2.75, 3.05) is 0 Å². The molecule has 1 heterocycles. The fraction of sp³-hybridized carbons (Fsp3) is 0.462. The van der Waals surface area contributed by atoms with Gasteiger partial charge in [0.2, 0.25) is 0 Å². The summed E-state index contributed by atoms with van der Waals surface area (Å²) in [6.45, 7) is 4.31. The molecule has 1 heteroatoms. The van der Waals surface area contributed by atoms with Crippen LogP contribution in [0, 0.1) is 6.92 Å². The van der Waals surface area contributed by atoms with Gasteiger partial charge in [0, 0.05) is 18.2 Å². The van der Waals surface area contributed by atoms with Crippen LogP contribution in [0.15, 0.2) is 29.3 Å². The quantitative estimate of drug-likeness (QED) is 0.639. The highest BCUT2D eigenvalue weighted by Gasteiger charge is 2.14. The molecule has 0 radical (unpaired) electrons. The van der Waals surface area contributed by atoms with Gasteiger partial charge in [0.15, 0.2) is 0 Å². The topological polar surface area (TPSA) is 12.4 Å². The van der Waals surface area contributed by atoms with E-state index in [0.717, 1.165) is 0 Å². The van der Waals surface area contributed by atoms with Crippen LogP contribution in [-0.2, 0) is 0 Å². The molecule has 2 unspecified atom stereocenters. The van der Waals surface area contributed by atoms with E-state index in [1.165, 1.54) is 24.0 Å². The molecule has 0 N–H and O–H groups in total. The van der Waals surface area contributed by atoms with E-state index in [1.807, 2.05) is 0 Å². The second-order valence-electron chi connectivity index (χ2n) is 4.24. The molecule has 1 nitrogen and oxygen atoms in total. The van der Waals surface area contributed by atoms with Crippen LogP contribution in [0.2, 0.25) is 0 Å². The first kappa shape index (κ1) is 9.45. The van der Waals surface area contributed by atoms with Crippen molar-refractivity contribution in [3.8, 4) is 0 Å². The predicted octanol–water partition coefficient (Wildman–Crippen LogP) is 3.33. The number of hydrogen-bond acceptors (Lipinski definition) is 1. The third-order valence-corrected chi connectivity index (χ3v) is 2.92. The lowest BCUT2D eigenvalue weighted by Crippen LogP contribution is -2.12. The number of nitrogens with zero attached hydrogens (tertiary/aromatic N) is 1. The van der Waals surface area contributed by atoms with Gasteiger partial charge in [-0.05, 0) is 32.3 Å². The van der Waals surface area contributed by atoms with Gasteiger partial charge >= 0.3 is 0 Å². The standard InChI is InChI=1S/C13H17N/c1-10-3-6-12(7-4-10)13-8-5-11(2)14-9-13/h3-4,6-7,9,11,13H,5,8H2,1-2H3. The van der Waals surface area contributed by atoms with E-state index in [2.05, 4.69) is 49.3 Å². The summed E-state index contributed by atoms with van der Waals surface area (Å²) in [4.78, 5) is 4.49. The Kier molecular flexibility index (Phi) is 2.67. The molecular weight excluding hydrogens is 170 g/mol. The molecule has 14 heavy (non-hydrogen) atoms. The average molecular weight is 187 g/mol. The Morgan fingerprint density at radius 1 is 1.14 bits per heavy atom. The predicted molar refractivity (Wildman–Crippen MR) is 61.1 cm³/mol. The highest BCUT2D eigenvalue weighted by molar-refractivity contribution is 5.68. The average Bonchev–Trinajstić information content (AvgIpc) is 2.21. The van der Waals surface area contributed by atoms with E-state index < -0.39 is 0 Å². The van der Waals surface area contributed by atoms with Crippen LogP contribution < -0.4 is 0 Å². The monoisotopic (exact) mass is 187 g/mol. The van der Waals surface area contributed by atoms with Crippen molar-refractivity contribution in [3.05, 3.63) is 35.4 Å². The van der Waals surface area contributed by atoms with Gasteiger partial charge in [-0.3, -0.25) is 4.99 Å². The minimum Gasteiger partial charge on any atom is -0.294 e. The van der Waals surface area contributed by atoms with Crippen LogP contribution >= 0.6 is 0 Å². The van der Waals surface area contributed by atoms with E-state index in [0.29, 0.717) is 12.0 Å². The van der Waals surface area contributed by atoms with Crippen molar-refractivity contribution in [1.82, 2.24) is 0 Å². The summed E-state index contributed by atoms with van der Waals surface area (Å²) in [6.07, 6.45) is 4.58. The molecule has 2 atom stereocenters. The summed E-state index contributed by atoms with van der Waals surface area (Å²) >= 11 is 0. The van der Waals surface area contributed by atoms with E-state index >= 15 is 0 Å². The summed E-state index contributed by atoms with van der Waals surface area (Å²) in [7, 11) is 0. The highest BCUT2D eigenvalue weighted by Crippen LogP contribution is 2.24. The molecule has 74 valence electrons. The summed E-state index contributed by atoms with van der Waals surface area (Å²) in [5, 5.41) is 0. The van der Waals surface area contributed by atoms with E-state index in [4.69, 9.17) is 0 Å². The largest absolute Gasteiger partial charge is 0.294 e. The molecule has 1 aliphatic rings. The number of aryl methyl sites for hydroxylation is 1. The van der Waals surface area contributed by atoms with Crippen LogP contribution in [0.3, 0.4) is 0 Å². The Morgan fingerprint density at radius 2 is 1.86 bits per heavy atom. The molecule has 1 aliphatic heterocycles. The van der Waals surface area contributed by atoms with Gasteiger partial charge in [-0.15, -0.1) is 0 Å². The summed E-state index contributed by atoms with van der Waals surface area (Å²) in [5.41, 5.74) is 2.74. The fourth-order valence-corrected chi connectivity index (χ4v) is 1.89. The Balaban J connectivity index is 2.16. The molecule has 0 fully saturated rings.